The Kier molecular flexibility index (Phi) is 6.03. The van der Waals surface area contributed by atoms with Crippen molar-refractivity contribution < 1.29 is 8.42 Å². The average molecular weight is 278 g/mol. The average Bonchev–Trinajstić information content (AvgIpc) is 2.38. The van der Waals surface area contributed by atoms with Crippen molar-refractivity contribution in [2.45, 2.75) is 44.4 Å². The van der Waals surface area contributed by atoms with Gasteiger partial charge in [0.25, 0.3) is 0 Å². The molecule has 0 amide bonds. The maximum atomic E-state index is 12.5. The van der Waals surface area contributed by atoms with Crippen LogP contribution < -0.4 is 0 Å². The molecule has 3 heteroatoms. The fourth-order valence-corrected chi connectivity index (χ4v) is 3.25. The van der Waals surface area contributed by atoms with Crippen molar-refractivity contribution in [1.82, 2.24) is 0 Å². The van der Waals surface area contributed by atoms with Gasteiger partial charge in [-0.3, -0.25) is 0 Å². The van der Waals surface area contributed by atoms with Crippen LogP contribution in [0.15, 0.2) is 52.8 Å². The smallest absolute Gasteiger partial charge is 0.202 e. The summed E-state index contributed by atoms with van der Waals surface area (Å²) in [5, 5.41) is 0. The second kappa shape index (κ2) is 7.29. The summed E-state index contributed by atoms with van der Waals surface area (Å²) >= 11 is 0. The molecule has 0 saturated carbocycles. The van der Waals surface area contributed by atoms with E-state index >= 15 is 0 Å². The Balaban J connectivity index is 3.08. The zero-order chi connectivity index (χ0) is 14.3. The van der Waals surface area contributed by atoms with Crippen LogP contribution in [0.5, 0.6) is 0 Å². The number of rotatable bonds is 7. The van der Waals surface area contributed by atoms with E-state index in [1.165, 1.54) is 0 Å². The topological polar surface area (TPSA) is 34.1 Å². The van der Waals surface area contributed by atoms with Crippen LogP contribution in [-0.2, 0) is 9.84 Å². The molecule has 0 fully saturated rings. The van der Waals surface area contributed by atoms with Crippen molar-refractivity contribution in [1.29, 1.82) is 0 Å². The quantitative estimate of drug-likeness (QED) is 0.546. The second-order valence-electron chi connectivity index (χ2n) is 4.62. The van der Waals surface area contributed by atoms with Crippen LogP contribution in [0.2, 0.25) is 0 Å². The van der Waals surface area contributed by atoms with Gasteiger partial charge >= 0.3 is 0 Å². The Morgan fingerprint density at radius 1 is 1.26 bits per heavy atom. The SMILES string of the molecule is C=CC/C(=C/CCCC)S(=O)(=O)c1ccc(C)cc1. The third-order valence-corrected chi connectivity index (χ3v) is 4.87. The molecule has 0 atom stereocenters. The van der Waals surface area contributed by atoms with E-state index < -0.39 is 9.84 Å². The van der Waals surface area contributed by atoms with Crippen molar-refractivity contribution in [2.24, 2.45) is 0 Å². The van der Waals surface area contributed by atoms with E-state index in [9.17, 15) is 8.42 Å². The van der Waals surface area contributed by atoms with Crippen LogP contribution in [-0.4, -0.2) is 8.42 Å². The zero-order valence-corrected chi connectivity index (χ0v) is 12.5. The van der Waals surface area contributed by atoms with E-state index in [1.807, 2.05) is 25.1 Å². The normalized spacial score (nSPS) is 12.4. The maximum Gasteiger partial charge on any atom is 0.202 e. The Morgan fingerprint density at radius 3 is 2.42 bits per heavy atom. The number of allylic oxidation sites excluding steroid dienone is 3. The minimum Gasteiger partial charge on any atom is -0.219 e. The molecule has 0 aliphatic rings. The molecule has 19 heavy (non-hydrogen) atoms. The van der Waals surface area contributed by atoms with Gasteiger partial charge < -0.3 is 0 Å². The minimum atomic E-state index is -3.37. The number of aryl methyl sites for hydroxylation is 1. The highest BCUT2D eigenvalue weighted by Crippen LogP contribution is 2.23. The fraction of sp³-hybridized carbons (Fsp3) is 0.375. The van der Waals surface area contributed by atoms with E-state index in [2.05, 4.69) is 13.5 Å². The predicted molar refractivity (Wildman–Crippen MR) is 80.8 cm³/mol. The van der Waals surface area contributed by atoms with Gasteiger partial charge in [0, 0.05) is 11.3 Å². The number of hydrogen-bond donors (Lipinski definition) is 0. The van der Waals surface area contributed by atoms with Crippen LogP contribution in [0.3, 0.4) is 0 Å². The Labute approximate surface area is 116 Å². The summed E-state index contributed by atoms with van der Waals surface area (Å²) in [5.74, 6) is 0. The Morgan fingerprint density at radius 2 is 1.89 bits per heavy atom. The molecule has 0 bridgehead atoms. The maximum absolute atomic E-state index is 12.5. The van der Waals surface area contributed by atoms with Gasteiger partial charge in [-0.2, -0.15) is 0 Å². The molecule has 0 saturated heterocycles. The lowest BCUT2D eigenvalue weighted by Crippen LogP contribution is -2.04. The fourth-order valence-electron chi connectivity index (χ4n) is 1.78. The monoisotopic (exact) mass is 278 g/mol. The number of sulfone groups is 1. The molecule has 0 spiro atoms. The van der Waals surface area contributed by atoms with Crippen molar-refractivity contribution in [3.63, 3.8) is 0 Å². The Hall–Kier alpha value is -1.35. The molecule has 0 N–H and O–H groups in total. The summed E-state index contributed by atoms with van der Waals surface area (Å²) < 4.78 is 25.0. The molecule has 0 aromatic heterocycles. The first kappa shape index (κ1) is 15.7. The molecule has 104 valence electrons. The molecule has 0 unspecified atom stereocenters. The van der Waals surface area contributed by atoms with Gasteiger partial charge in [-0.1, -0.05) is 49.6 Å². The van der Waals surface area contributed by atoms with E-state index in [0.29, 0.717) is 16.2 Å². The van der Waals surface area contributed by atoms with Crippen molar-refractivity contribution in [3.05, 3.63) is 53.5 Å². The molecule has 0 radical (unpaired) electrons. The first-order chi connectivity index (χ1) is 9.02. The van der Waals surface area contributed by atoms with Gasteiger partial charge in [0.15, 0.2) is 0 Å². The third-order valence-electron chi connectivity index (χ3n) is 2.95. The van der Waals surface area contributed by atoms with Crippen molar-refractivity contribution in [3.8, 4) is 0 Å². The van der Waals surface area contributed by atoms with Crippen LogP contribution >= 0.6 is 0 Å². The van der Waals surface area contributed by atoms with E-state index in [0.717, 1.165) is 24.8 Å². The Bertz CT molecular complexity index is 537. The largest absolute Gasteiger partial charge is 0.219 e. The summed E-state index contributed by atoms with van der Waals surface area (Å²) in [6.45, 7) is 7.68. The van der Waals surface area contributed by atoms with Crippen molar-refractivity contribution >= 4 is 9.84 Å². The molecule has 2 nitrogen and oxygen atoms in total. The zero-order valence-electron chi connectivity index (χ0n) is 11.7. The standard InChI is InChI=1S/C16H22O2S/c1-4-6-7-9-15(8-5-2)19(17,18)16-12-10-14(3)11-13-16/h5,9-13H,2,4,6-8H2,1,3H3/b15-9-. The first-order valence-electron chi connectivity index (χ1n) is 6.64. The lowest BCUT2D eigenvalue weighted by atomic mass is 10.2. The number of hydrogen-bond acceptors (Lipinski definition) is 2. The summed E-state index contributed by atoms with van der Waals surface area (Å²) in [4.78, 5) is 0.822. The number of benzene rings is 1. The van der Waals surface area contributed by atoms with E-state index in [4.69, 9.17) is 0 Å². The molecule has 1 rings (SSSR count). The highest BCUT2D eigenvalue weighted by atomic mass is 32.2. The molecule has 0 aliphatic heterocycles. The van der Waals surface area contributed by atoms with Crippen LogP contribution in [0.4, 0.5) is 0 Å². The second-order valence-corrected chi connectivity index (χ2v) is 6.62. The lowest BCUT2D eigenvalue weighted by molar-refractivity contribution is 0.601. The molecular weight excluding hydrogens is 256 g/mol. The van der Waals surface area contributed by atoms with Gasteiger partial charge in [0.2, 0.25) is 9.84 Å². The first-order valence-corrected chi connectivity index (χ1v) is 8.12. The molecule has 1 aromatic rings. The lowest BCUT2D eigenvalue weighted by Gasteiger charge is -2.08. The molecule has 0 heterocycles. The minimum absolute atomic E-state index is 0.364. The van der Waals surface area contributed by atoms with Gasteiger partial charge in [-0.25, -0.2) is 8.42 Å². The van der Waals surface area contributed by atoms with Crippen molar-refractivity contribution in [2.75, 3.05) is 0 Å². The predicted octanol–water partition coefficient (Wildman–Crippen LogP) is 4.42. The van der Waals surface area contributed by atoms with E-state index in [-0.39, 0.29) is 0 Å². The highest BCUT2D eigenvalue weighted by molar-refractivity contribution is 7.95. The summed E-state index contributed by atoms with van der Waals surface area (Å²) in [7, 11) is -3.37. The molecule has 1 aromatic carbocycles. The summed E-state index contributed by atoms with van der Waals surface area (Å²) in [6, 6.07) is 6.98. The van der Waals surface area contributed by atoms with Gasteiger partial charge in [0.1, 0.15) is 0 Å². The van der Waals surface area contributed by atoms with Crippen LogP contribution in [0.1, 0.15) is 38.2 Å². The van der Waals surface area contributed by atoms with Gasteiger partial charge in [-0.15, -0.1) is 6.58 Å². The third kappa shape index (κ3) is 4.35. The van der Waals surface area contributed by atoms with E-state index in [1.54, 1.807) is 18.2 Å². The van der Waals surface area contributed by atoms with Crippen LogP contribution in [0, 0.1) is 6.92 Å². The highest BCUT2D eigenvalue weighted by Gasteiger charge is 2.18. The summed E-state index contributed by atoms with van der Waals surface area (Å²) in [5.41, 5.74) is 1.05. The number of unbranched alkanes of at least 4 members (excludes halogenated alkanes) is 2. The van der Waals surface area contributed by atoms with Crippen LogP contribution in [0.25, 0.3) is 0 Å². The molecule has 0 aliphatic carbocycles. The van der Waals surface area contributed by atoms with Gasteiger partial charge in [-0.05, 0) is 25.5 Å². The molecular formula is C16H22O2S. The van der Waals surface area contributed by atoms with Gasteiger partial charge in [0.05, 0.1) is 4.90 Å². The summed E-state index contributed by atoms with van der Waals surface area (Å²) in [6.07, 6.45) is 6.72.